The minimum Gasteiger partial charge on any atom is -0.484 e. The van der Waals surface area contributed by atoms with Gasteiger partial charge in [0.1, 0.15) is 11.8 Å². The van der Waals surface area contributed by atoms with Gasteiger partial charge >= 0.3 is 0 Å². The average molecular weight is 475 g/mol. The third-order valence-corrected chi connectivity index (χ3v) is 6.21. The van der Waals surface area contributed by atoms with E-state index < -0.39 is 6.04 Å². The van der Waals surface area contributed by atoms with E-state index in [1.807, 2.05) is 64.1 Å². The second kappa shape index (κ2) is 11.2. The van der Waals surface area contributed by atoms with Gasteiger partial charge in [0.05, 0.1) is 0 Å². The molecular formula is C24H31BrN2O3. The zero-order valence-electron chi connectivity index (χ0n) is 18.4. The van der Waals surface area contributed by atoms with Gasteiger partial charge in [-0.15, -0.1) is 0 Å². The van der Waals surface area contributed by atoms with E-state index in [1.165, 1.54) is 0 Å². The maximum Gasteiger partial charge on any atom is 0.261 e. The Hall–Kier alpha value is -2.34. The molecule has 0 saturated carbocycles. The molecule has 2 aromatic carbocycles. The molecule has 0 aromatic heterocycles. The molecule has 0 aliphatic carbocycles. The number of ether oxygens (including phenoxy) is 1. The van der Waals surface area contributed by atoms with Crippen LogP contribution in [0.5, 0.6) is 5.75 Å². The maximum atomic E-state index is 13.1. The van der Waals surface area contributed by atoms with Gasteiger partial charge < -0.3 is 15.0 Å². The Labute approximate surface area is 187 Å². The first-order chi connectivity index (χ1) is 14.2. The molecule has 2 amide bonds. The Morgan fingerprint density at radius 2 is 1.70 bits per heavy atom. The topological polar surface area (TPSA) is 58.6 Å². The van der Waals surface area contributed by atoms with Crippen molar-refractivity contribution in [2.24, 2.45) is 0 Å². The van der Waals surface area contributed by atoms with E-state index in [1.54, 1.807) is 11.8 Å². The average Bonchev–Trinajstić information content (AvgIpc) is 2.73. The van der Waals surface area contributed by atoms with E-state index in [-0.39, 0.29) is 18.4 Å². The number of nitrogens with zero attached hydrogens (tertiary/aromatic N) is 1. The summed E-state index contributed by atoms with van der Waals surface area (Å²) in [6, 6.07) is 11.2. The quantitative estimate of drug-likeness (QED) is 0.572. The lowest BCUT2D eigenvalue weighted by atomic mass is 10.1. The van der Waals surface area contributed by atoms with Crippen molar-refractivity contribution in [2.45, 2.75) is 53.6 Å². The van der Waals surface area contributed by atoms with Crippen molar-refractivity contribution in [1.82, 2.24) is 10.2 Å². The fraction of sp³-hybridized carbons (Fsp3) is 0.417. The predicted molar refractivity (Wildman–Crippen MR) is 124 cm³/mol. The standard InChI is InChI=1S/C24H31BrN2O3/c1-6-11-26-24(29)19(5)27(14-20-9-7-16(2)8-10-20)22(28)15-30-21-12-17(3)23(25)18(4)13-21/h7-10,12-13,19H,6,11,14-15H2,1-5H3,(H,26,29)/t19-/m1/s1. The number of benzene rings is 2. The molecule has 0 spiro atoms. The van der Waals surface area contributed by atoms with Crippen LogP contribution >= 0.6 is 15.9 Å². The van der Waals surface area contributed by atoms with Crippen molar-refractivity contribution in [1.29, 1.82) is 0 Å². The molecule has 30 heavy (non-hydrogen) atoms. The van der Waals surface area contributed by atoms with Gasteiger partial charge in [-0.05, 0) is 62.9 Å². The minimum atomic E-state index is -0.595. The monoisotopic (exact) mass is 474 g/mol. The summed E-state index contributed by atoms with van der Waals surface area (Å²) in [6.45, 7) is 10.5. The van der Waals surface area contributed by atoms with Crippen molar-refractivity contribution in [3.63, 3.8) is 0 Å². The first kappa shape index (κ1) is 23.9. The highest BCUT2D eigenvalue weighted by molar-refractivity contribution is 9.10. The van der Waals surface area contributed by atoms with Crippen LogP contribution in [0.3, 0.4) is 0 Å². The Kier molecular flexibility index (Phi) is 8.90. The SMILES string of the molecule is CCCNC(=O)[C@@H](C)N(Cc1ccc(C)cc1)C(=O)COc1cc(C)c(Br)c(C)c1. The van der Waals surface area contributed by atoms with E-state index in [4.69, 9.17) is 4.74 Å². The summed E-state index contributed by atoms with van der Waals surface area (Å²) in [5, 5.41) is 2.88. The molecule has 0 unspecified atom stereocenters. The molecule has 0 fully saturated rings. The molecular weight excluding hydrogens is 444 g/mol. The Bertz CT molecular complexity index is 858. The number of nitrogens with one attached hydrogen (secondary N) is 1. The normalized spacial score (nSPS) is 11.7. The Balaban J connectivity index is 2.16. The van der Waals surface area contributed by atoms with Crippen LogP contribution in [0.2, 0.25) is 0 Å². The van der Waals surface area contributed by atoms with Gasteiger partial charge in [-0.1, -0.05) is 52.7 Å². The number of halogens is 1. The highest BCUT2D eigenvalue weighted by atomic mass is 79.9. The molecule has 1 atom stereocenters. The highest BCUT2D eigenvalue weighted by Gasteiger charge is 2.26. The Morgan fingerprint density at radius 3 is 2.27 bits per heavy atom. The van der Waals surface area contributed by atoms with E-state index >= 15 is 0 Å². The zero-order chi connectivity index (χ0) is 22.3. The first-order valence-corrected chi connectivity index (χ1v) is 11.0. The molecule has 2 rings (SSSR count). The lowest BCUT2D eigenvalue weighted by Crippen LogP contribution is -2.49. The fourth-order valence-electron chi connectivity index (χ4n) is 3.09. The highest BCUT2D eigenvalue weighted by Crippen LogP contribution is 2.26. The maximum absolute atomic E-state index is 13.1. The summed E-state index contributed by atoms with van der Waals surface area (Å²) >= 11 is 3.54. The van der Waals surface area contributed by atoms with Crippen LogP contribution in [0.1, 0.15) is 42.5 Å². The third kappa shape index (κ3) is 6.59. The molecule has 1 N–H and O–H groups in total. The summed E-state index contributed by atoms with van der Waals surface area (Å²) in [5.41, 5.74) is 4.21. The lowest BCUT2D eigenvalue weighted by molar-refractivity contribution is -0.142. The molecule has 0 bridgehead atoms. The van der Waals surface area contributed by atoms with Gasteiger partial charge in [0, 0.05) is 17.6 Å². The van der Waals surface area contributed by atoms with Crippen molar-refractivity contribution in [2.75, 3.05) is 13.2 Å². The molecule has 0 aliphatic heterocycles. The molecule has 2 aromatic rings. The van der Waals surface area contributed by atoms with Crippen molar-refractivity contribution < 1.29 is 14.3 Å². The largest absolute Gasteiger partial charge is 0.484 e. The molecule has 0 radical (unpaired) electrons. The molecule has 0 aliphatic rings. The van der Waals surface area contributed by atoms with E-state index in [0.29, 0.717) is 18.8 Å². The van der Waals surface area contributed by atoms with Gasteiger partial charge in [-0.3, -0.25) is 9.59 Å². The van der Waals surface area contributed by atoms with E-state index in [9.17, 15) is 9.59 Å². The molecule has 5 nitrogen and oxygen atoms in total. The lowest BCUT2D eigenvalue weighted by Gasteiger charge is -2.29. The summed E-state index contributed by atoms with van der Waals surface area (Å²) < 4.78 is 6.82. The number of hydrogen-bond donors (Lipinski definition) is 1. The van der Waals surface area contributed by atoms with Crippen LogP contribution in [0, 0.1) is 20.8 Å². The van der Waals surface area contributed by atoms with Gasteiger partial charge in [-0.25, -0.2) is 0 Å². The summed E-state index contributed by atoms with van der Waals surface area (Å²) in [5.74, 6) is 0.250. The minimum absolute atomic E-state index is 0.127. The van der Waals surface area contributed by atoms with Gasteiger partial charge in [0.15, 0.2) is 6.61 Å². The number of hydrogen-bond acceptors (Lipinski definition) is 3. The van der Waals surface area contributed by atoms with Crippen LogP contribution in [0.15, 0.2) is 40.9 Å². The summed E-state index contributed by atoms with van der Waals surface area (Å²) in [7, 11) is 0. The number of carbonyl (C=O) groups excluding carboxylic acids is 2. The summed E-state index contributed by atoms with van der Waals surface area (Å²) in [4.78, 5) is 27.2. The van der Waals surface area contributed by atoms with Crippen molar-refractivity contribution in [3.8, 4) is 5.75 Å². The van der Waals surface area contributed by atoms with Crippen molar-refractivity contribution >= 4 is 27.7 Å². The van der Waals surface area contributed by atoms with E-state index in [2.05, 4.69) is 21.2 Å². The van der Waals surface area contributed by atoms with Crippen LogP contribution in [0.4, 0.5) is 0 Å². The van der Waals surface area contributed by atoms with Crippen LogP contribution in [0.25, 0.3) is 0 Å². The summed E-state index contributed by atoms with van der Waals surface area (Å²) in [6.07, 6.45) is 0.843. The first-order valence-electron chi connectivity index (χ1n) is 10.2. The number of rotatable bonds is 9. The Morgan fingerprint density at radius 1 is 1.10 bits per heavy atom. The number of amides is 2. The number of carbonyl (C=O) groups is 2. The second-order valence-corrected chi connectivity index (χ2v) is 8.43. The van der Waals surface area contributed by atoms with Crippen LogP contribution in [-0.4, -0.2) is 35.9 Å². The second-order valence-electron chi connectivity index (χ2n) is 7.63. The van der Waals surface area contributed by atoms with E-state index in [0.717, 1.165) is 33.1 Å². The van der Waals surface area contributed by atoms with Crippen molar-refractivity contribution in [3.05, 3.63) is 63.1 Å². The molecule has 6 heteroatoms. The number of aryl methyl sites for hydroxylation is 3. The predicted octanol–water partition coefficient (Wildman–Crippen LogP) is 4.70. The van der Waals surface area contributed by atoms with Crippen LogP contribution in [-0.2, 0) is 16.1 Å². The third-order valence-electron chi connectivity index (χ3n) is 4.96. The molecule has 0 heterocycles. The van der Waals surface area contributed by atoms with Gasteiger partial charge in [-0.2, -0.15) is 0 Å². The fourth-order valence-corrected chi connectivity index (χ4v) is 3.32. The smallest absolute Gasteiger partial charge is 0.261 e. The van der Waals surface area contributed by atoms with Crippen LogP contribution < -0.4 is 10.1 Å². The zero-order valence-corrected chi connectivity index (χ0v) is 20.0. The molecule has 0 saturated heterocycles. The van der Waals surface area contributed by atoms with Gasteiger partial charge in [0.25, 0.3) is 5.91 Å². The van der Waals surface area contributed by atoms with Gasteiger partial charge in [0.2, 0.25) is 5.91 Å². The molecule has 162 valence electrons.